The maximum Gasteiger partial charge on any atom is 0.0754 e. The van der Waals surface area contributed by atoms with Gasteiger partial charge < -0.3 is 13.7 Å². The Hall–Kier alpha value is -9.44. The molecule has 0 saturated heterocycles. The van der Waals surface area contributed by atoms with Gasteiger partial charge in [0.15, 0.2) is 0 Å². The average Bonchev–Trinajstić information content (AvgIpc) is 4.39. The Bertz CT molecular complexity index is 4810. The molecule has 0 saturated carbocycles. The number of benzene rings is 12. The number of fused-ring (bicyclic) bond motifs is 20. The first kappa shape index (κ1) is 42.0. The molecular formula is C73H49N3. The fourth-order valence-corrected chi connectivity index (χ4v) is 15.1. The minimum Gasteiger partial charge on any atom is -0.341 e. The van der Waals surface area contributed by atoms with Gasteiger partial charge in [0.1, 0.15) is 0 Å². The van der Waals surface area contributed by atoms with E-state index in [1.54, 1.807) is 0 Å². The zero-order valence-electron chi connectivity index (χ0n) is 42.3. The molecule has 0 bridgehead atoms. The topological polar surface area (TPSA) is 14.8 Å². The fraction of sp³-hybridized carbons (Fsp3) is 0.0685. The van der Waals surface area contributed by atoms with Crippen LogP contribution in [0.25, 0.3) is 137 Å². The van der Waals surface area contributed by atoms with E-state index in [-0.39, 0.29) is 0 Å². The quantitative estimate of drug-likeness (QED) is 0.153. The van der Waals surface area contributed by atoms with Gasteiger partial charge in [-0.1, -0.05) is 200 Å². The number of nitrogens with zero attached hydrogens (tertiary/aromatic N) is 3. The molecule has 3 aromatic heterocycles. The molecule has 4 heterocycles. The molecule has 0 unspecified atom stereocenters. The number of hydrogen-bond acceptors (Lipinski definition) is 0. The normalized spacial score (nSPS) is 13.3. The van der Waals surface area contributed by atoms with E-state index in [1.165, 1.54) is 159 Å². The van der Waals surface area contributed by atoms with Crippen molar-refractivity contribution in [3.63, 3.8) is 0 Å². The maximum absolute atomic E-state index is 2.65. The van der Waals surface area contributed by atoms with Crippen molar-refractivity contribution in [1.82, 2.24) is 13.7 Å². The maximum atomic E-state index is 2.65. The lowest BCUT2D eigenvalue weighted by molar-refractivity contribution is 0.749. The van der Waals surface area contributed by atoms with Crippen molar-refractivity contribution in [3.05, 3.63) is 259 Å². The van der Waals surface area contributed by atoms with Crippen molar-refractivity contribution in [1.29, 1.82) is 0 Å². The second kappa shape index (κ2) is 15.3. The zero-order chi connectivity index (χ0) is 50.0. The summed E-state index contributed by atoms with van der Waals surface area (Å²) in [4.78, 5) is 0. The van der Waals surface area contributed by atoms with E-state index < -0.39 is 5.41 Å². The Kier molecular flexibility index (Phi) is 8.46. The summed E-state index contributed by atoms with van der Waals surface area (Å²) in [6.07, 6.45) is 0. The van der Waals surface area contributed by atoms with Gasteiger partial charge in [-0.05, 0) is 133 Å². The van der Waals surface area contributed by atoms with Crippen LogP contribution in [0.15, 0.2) is 237 Å². The van der Waals surface area contributed by atoms with Gasteiger partial charge >= 0.3 is 0 Å². The van der Waals surface area contributed by atoms with Crippen LogP contribution in [0.3, 0.4) is 0 Å². The molecule has 3 nitrogen and oxygen atoms in total. The van der Waals surface area contributed by atoms with E-state index in [9.17, 15) is 0 Å². The van der Waals surface area contributed by atoms with Crippen molar-refractivity contribution < 1.29 is 0 Å². The highest BCUT2D eigenvalue weighted by atomic mass is 15.0. The molecule has 1 aliphatic heterocycles. The second-order valence-electron chi connectivity index (χ2n) is 21.1. The van der Waals surface area contributed by atoms with Crippen molar-refractivity contribution in [3.8, 4) is 50.2 Å². The van der Waals surface area contributed by atoms with Crippen LogP contribution in [0.2, 0.25) is 0 Å². The van der Waals surface area contributed by atoms with E-state index in [2.05, 4.69) is 264 Å². The van der Waals surface area contributed by atoms with Gasteiger partial charge in [-0.2, -0.15) is 0 Å². The van der Waals surface area contributed by atoms with Crippen LogP contribution >= 0.6 is 0 Å². The molecule has 76 heavy (non-hydrogen) atoms. The third-order valence-electron chi connectivity index (χ3n) is 17.8. The summed E-state index contributed by atoms with van der Waals surface area (Å²) in [5, 5.41) is 12.7. The molecular weight excluding hydrogens is 919 g/mol. The van der Waals surface area contributed by atoms with Gasteiger partial charge in [0.05, 0.1) is 22.1 Å². The fourth-order valence-electron chi connectivity index (χ4n) is 15.1. The predicted molar refractivity (Wildman–Crippen MR) is 320 cm³/mol. The number of rotatable bonds is 5. The van der Waals surface area contributed by atoms with Gasteiger partial charge in [-0.3, -0.25) is 0 Å². The van der Waals surface area contributed by atoms with Crippen LogP contribution in [0.1, 0.15) is 36.1 Å². The lowest BCUT2D eigenvalue weighted by Crippen LogP contribution is -2.33. The van der Waals surface area contributed by atoms with Crippen LogP contribution in [-0.4, -0.2) is 13.7 Å². The molecule has 1 spiro atoms. The van der Waals surface area contributed by atoms with Crippen LogP contribution in [0, 0.1) is 0 Å². The van der Waals surface area contributed by atoms with Crippen LogP contribution in [0.4, 0.5) is 0 Å². The lowest BCUT2D eigenvalue weighted by atomic mass is 9.64. The molecule has 2 aliphatic rings. The lowest BCUT2D eigenvalue weighted by Gasteiger charge is -2.40. The van der Waals surface area contributed by atoms with Crippen LogP contribution in [0.5, 0.6) is 0 Å². The summed E-state index contributed by atoms with van der Waals surface area (Å²) < 4.78 is 7.62. The van der Waals surface area contributed by atoms with Crippen LogP contribution in [-0.2, 0) is 18.5 Å². The average molecular weight is 968 g/mol. The highest BCUT2D eigenvalue weighted by molar-refractivity contribution is 6.25. The van der Waals surface area contributed by atoms with Crippen LogP contribution < -0.4 is 0 Å². The summed E-state index contributed by atoms with van der Waals surface area (Å²) in [6, 6.07) is 90.4. The predicted octanol–water partition coefficient (Wildman–Crippen LogP) is 19.0. The molecule has 3 heteroatoms. The van der Waals surface area contributed by atoms with Gasteiger partial charge in [0.2, 0.25) is 0 Å². The van der Waals surface area contributed by atoms with Gasteiger partial charge in [0, 0.05) is 73.0 Å². The molecule has 0 atom stereocenters. The molecule has 0 amide bonds. The van der Waals surface area contributed by atoms with Gasteiger partial charge in [-0.25, -0.2) is 0 Å². The Morgan fingerprint density at radius 2 is 0.684 bits per heavy atom. The van der Waals surface area contributed by atoms with E-state index >= 15 is 0 Å². The molecule has 17 rings (SSSR count). The third-order valence-corrected chi connectivity index (χ3v) is 17.8. The smallest absolute Gasteiger partial charge is 0.0754 e. The summed E-state index contributed by atoms with van der Waals surface area (Å²) in [6.45, 7) is 6.31. The molecule has 1 aliphatic carbocycles. The summed E-state index contributed by atoms with van der Waals surface area (Å²) in [5.41, 5.74) is 23.6. The number of para-hydroxylation sites is 5. The number of aromatic nitrogens is 3. The Labute approximate surface area is 439 Å². The highest BCUT2D eigenvalue weighted by Crippen LogP contribution is 2.62. The molecule has 0 fully saturated rings. The Morgan fingerprint density at radius 1 is 0.289 bits per heavy atom. The molecule has 12 aromatic carbocycles. The van der Waals surface area contributed by atoms with Crippen molar-refractivity contribution in [2.75, 3.05) is 0 Å². The standard InChI is InChI=1S/C73H49N3/c1-3-74-63-38-12-8-24-54(63)69-49(30-19-41-66(69)74)44-26-15-28-51-57(44)43-58-45(50-31-20-42-67-70(50)55-25-9-13-39-64(55)75(67)4-2)27-16-29-52(58)68(51)56-33-18-37-62-72(56)76-65-40-14-7-23-48(65)53-32-17-36-61(71(53)76)73(62)59-34-10-5-21-46(59)47-22-6-11-35-60(47)73/h5-43H,3-4H2,1-2H3. The second-order valence-corrected chi connectivity index (χ2v) is 21.1. The first-order chi connectivity index (χ1) is 37.7. The molecule has 356 valence electrons. The van der Waals surface area contributed by atoms with Crippen molar-refractivity contribution >= 4 is 87.0 Å². The summed E-state index contributed by atoms with van der Waals surface area (Å²) in [5.74, 6) is 0. The highest BCUT2D eigenvalue weighted by Gasteiger charge is 2.51. The monoisotopic (exact) mass is 967 g/mol. The van der Waals surface area contributed by atoms with E-state index in [1.807, 2.05) is 0 Å². The summed E-state index contributed by atoms with van der Waals surface area (Å²) >= 11 is 0. The first-order valence-electron chi connectivity index (χ1n) is 27.0. The Balaban J connectivity index is 1.07. The van der Waals surface area contributed by atoms with E-state index in [0.717, 1.165) is 13.1 Å². The minimum absolute atomic E-state index is 0.578. The largest absolute Gasteiger partial charge is 0.341 e. The van der Waals surface area contributed by atoms with Crippen molar-refractivity contribution in [2.45, 2.75) is 32.4 Å². The summed E-state index contributed by atoms with van der Waals surface area (Å²) in [7, 11) is 0. The van der Waals surface area contributed by atoms with E-state index in [0.29, 0.717) is 0 Å². The third kappa shape index (κ3) is 5.13. The molecule has 0 N–H and O–H groups in total. The molecule has 15 aromatic rings. The zero-order valence-corrected chi connectivity index (χ0v) is 42.3. The minimum atomic E-state index is -0.578. The van der Waals surface area contributed by atoms with Gasteiger partial charge in [0.25, 0.3) is 0 Å². The first-order valence-corrected chi connectivity index (χ1v) is 27.0. The number of aryl methyl sites for hydroxylation is 2. The molecule has 0 radical (unpaired) electrons. The SMILES string of the molecule is CCn1c2ccccc2c2c(-c3cccc4c(-c5cccc6c5-n5c7ccccc7c7cccc(c75)C65c6ccccc6-c6ccccc65)c5cccc(-c6cccc7c6c6ccccc6n7CC)c5cc34)cccc21. The van der Waals surface area contributed by atoms with Gasteiger partial charge in [-0.15, -0.1) is 0 Å². The van der Waals surface area contributed by atoms with Crippen molar-refractivity contribution in [2.24, 2.45) is 0 Å². The Morgan fingerprint density at radius 3 is 1.28 bits per heavy atom. The number of hydrogen-bond donors (Lipinski definition) is 0. The van der Waals surface area contributed by atoms with E-state index in [4.69, 9.17) is 0 Å².